The molecule has 0 radical (unpaired) electrons. The molecule has 0 unspecified atom stereocenters. The summed E-state index contributed by atoms with van der Waals surface area (Å²) in [6.07, 6.45) is 3.64. The maximum absolute atomic E-state index is 11.7. The molecule has 18 heavy (non-hydrogen) atoms. The van der Waals surface area contributed by atoms with E-state index in [1.807, 2.05) is 27.8 Å². The third-order valence-corrected chi connectivity index (χ3v) is 3.28. The molecule has 0 aromatic heterocycles. The minimum Gasteiger partial charge on any atom is -0.459 e. The molecule has 0 amide bonds. The summed E-state index contributed by atoms with van der Waals surface area (Å²) >= 11 is 0. The Morgan fingerprint density at radius 1 is 1.33 bits per heavy atom. The van der Waals surface area contributed by atoms with Crippen LogP contribution in [0.15, 0.2) is 0 Å². The molecule has 0 atom stereocenters. The second-order valence-corrected chi connectivity index (χ2v) is 6.20. The number of nitrogens with one attached hydrogen (secondary N) is 1. The van der Waals surface area contributed by atoms with Crippen molar-refractivity contribution in [1.82, 2.24) is 10.2 Å². The van der Waals surface area contributed by atoms with Crippen LogP contribution in [0.2, 0.25) is 0 Å². The Balaban J connectivity index is 2.21. The van der Waals surface area contributed by atoms with Crippen molar-refractivity contribution in [3.05, 3.63) is 0 Å². The van der Waals surface area contributed by atoms with Crippen LogP contribution in [0.1, 0.15) is 40.0 Å². The van der Waals surface area contributed by atoms with Gasteiger partial charge in [-0.25, -0.2) is 0 Å². The molecule has 1 heterocycles. The third-order valence-electron chi connectivity index (χ3n) is 3.28. The molecule has 1 N–H and O–H groups in total. The Kier molecular flexibility index (Phi) is 6.09. The molecular formula is C14H28N2O2. The monoisotopic (exact) mass is 256 g/mol. The average molecular weight is 256 g/mol. The molecule has 106 valence electrons. The standard InChI is InChI=1S/C14H28N2O2/c1-14(2,3)18-13(17)11-16-9-6-12(7-10-16)5-8-15-4/h12,15H,5-11H2,1-4H3. The summed E-state index contributed by atoms with van der Waals surface area (Å²) in [6, 6.07) is 0. The lowest BCUT2D eigenvalue weighted by Gasteiger charge is -2.32. The lowest BCUT2D eigenvalue weighted by Crippen LogP contribution is -2.40. The first-order valence-corrected chi connectivity index (χ1v) is 6.99. The number of carbonyl (C=O) groups is 1. The van der Waals surface area contributed by atoms with Gasteiger partial charge in [-0.15, -0.1) is 0 Å². The fraction of sp³-hybridized carbons (Fsp3) is 0.929. The van der Waals surface area contributed by atoms with E-state index >= 15 is 0 Å². The van der Waals surface area contributed by atoms with Gasteiger partial charge in [-0.1, -0.05) is 0 Å². The smallest absolute Gasteiger partial charge is 0.320 e. The summed E-state index contributed by atoms with van der Waals surface area (Å²) in [5.74, 6) is 0.712. The number of piperidine rings is 1. The maximum atomic E-state index is 11.7. The molecule has 0 aromatic rings. The van der Waals surface area contributed by atoms with Gasteiger partial charge in [-0.2, -0.15) is 0 Å². The second kappa shape index (κ2) is 7.10. The van der Waals surface area contributed by atoms with Crippen LogP contribution in [0.4, 0.5) is 0 Å². The molecule has 1 rings (SSSR count). The third kappa shape index (κ3) is 6.36. The first-order valence-electron chi connectivity index (χ1n) is 6.99. The number of esters is 1. The summed E-state index contributed by atoms with van der Waals surface area (Å²) in [6.45, 7) is 9.31. The van der Waals surface area contributed by atoms with Crippen LogP contribution >= 0.6 is 0 Å². The van der Waals surface area contributed by atoms with Gasteiger partial charge in [0.1, 0.15) is 5.60 Å². The van der Waals surface area contributed by atoms with Gasteiger partial charge in [0, 0.05) is 0 Å². The van der Waals surface area contributed by atoms with E-state index in [0.29, 0.717) is 6.54 Å². The predicted octanol–water partition coefficient (Wildman–Crippen LogP) is 1.65. The Bertz CT molecular complexity index is 253. The van der Waals surface area contributed by atoms with Crippen LogP contribution in [0.25, 0.3) is 0 Å². The largest absolute Gasteiger partial charge is 0.459 e. The molecule has 0 saturated carbocycles. The molecule has 1 fully saturated rings. The lowest BCUT2D eigenvalue weighted by atomic mass is 9.93. The Hall–Kier alpha value is -0.610. The maximum Gasteiger partial charge on any atom is 0.320 e. The van der Waals surface area contributed by atoms with E-state index in [1.165, 1.54) is 19.3 Å². The molecule has 1 saturated heterocycles. The van der Waals surface area contributed by atoms with E-state index in [0.717, 1.165) is 25.6 Å². The number of rotatable bonds is 5. The van der Waals surface area contributed by atoms with Crippen molar-refractivity contribution in [2.24, 2.45) is 5.92 Å². The van der Waals surface area contributed by atoms with Gasteiger partial charge in [0.05, 0.1) is 6.54 Å². The fourth-order valence-electron chi connectivity index (χ4n) is 2.34. The molecule has 4 heteroatoms. The molecule has 1 aliphatic heterocycles. The zero-order valence-corrected chi connectivity index (χ0v) is 12.3. The summed E-state index contributed by atoms with van der Waals surface area (Å²) in [7, 11) is 2.00. The quantitative estimate of drug-likeness (QED) is 0.760. The van der Waals surface area contributed by atoms with Crippen LogP contribution in [0.3, 0.4) is 0 Å². The van der Waals surface area contributed by atoms with Crippen molar-refractivity contribution >= 4 is 5.97 Å². The number of carbonyl (C=O) groups excluding carboxylic acids is 1. The van der Waals surface area contributed by atoms with Crippen molar-refractivity contribution in [2.75, 3.05) is 33.2 Å². The van der Waals surface area contributed by atoms with Crippen LogP contribution in [0.5, 0.6) is 0 Å². The molecular weight excluding hydrogens is 228 g/mol. The lowest BCUT2D eigenvalue weighted by molar-refractivity contribution is -0.156. The number of ether oxygens (including phenoxy) is 1. The normalized spacial score (nSPS) is 18.9. The number of nitrogens with zero attached hydrogens (tertiary/aromatic N) is 1. The molecule has 1 aliphatic rings. The SMILES string of the molecule is CNCCC1CCN(CC(=O)OC(C)(C)C)CC1. The van der Waals surface area contributed by atoms with E-state index < -0.39 is 0 Å². The van der Waals surface area contributed by atoms with Gasteiger partial charge < -0.3 is 10.1 Å². The first-order chi connectivity index (χ1) is 8.40. The highest BCUT2D eigenvalue weighted by atomic mass is 16.6. The minimum absolute atomic E-state index is 0.101. The zero-order chi connectivity index (χ0) is 13.6. The van der Waals surface area contributed by atoms with Gasteiger partial charge in [-0.3, -0.25) is 9.69 Å². The van der Waals surface area contributed by atoms with Crippen molar-refractivity contribution in [1.29, 1.82) is 0 Å². The summed E-state index contributed by atoms with van der Waals surface area (Å²) in [5, 5.41) is 3.20. The van der Waals surface area contributed by atoms with Crippen molar-refractivity contribution < 1.29 is 9.53 Å². The van der Waals surface area contributed by atoms with E-state index in [4.69, 9.17) is 4.74 Å². The zero-order valence-electron chi connectivity index (χ0n) is 12.3. The van der Waals surface area contributed by atoms with Gasteiger partial charge >= 0.3 is 5.97 Å². The molecule has 0 aromatic carbocycles. The van der Waals surface area contributed by atoms with Crippen LogP contribution in [0, 0.1) is 5.92 Å². The predicted molar refractivity (Wildman–Crippen MR) is 73.6 cm³/mol. The molecule has 0 bridgehead atoms. The summed E-state index contributed by atoms with van der Waals surface area (Å²) < 4.78 is 5.34. The topological polar surface area (TPSA) is 41.6 Å². The van der Waals surface area contributed by atoms with Crippen molar-refractivity contribution in [3.8, 4) is 0 Å². The first kappa shape index (κ1) is 15.4. The highest BCUT2D eigenvalue weighted by molar-refractivity contribution is 5.72. The van der Waals surface area contributed by atoms with E-state index in [-0.39, 0.29) is 11.6 Å². The molecule has 0 aliphatic carbocycles. The van der Waals surface area contributed by atoms with Crippen LogP contribution < -0.4 is 5.32 Å². The van der Waals surface area contributed by atoms with E-state index in [1.54, 1.807) is 0 Å². The molecule has 4 nitrogen and oxygen atoms in total. The number of hydrogen-bond acceptors (Lipinski definition) is 4. The summed E-state index contributed by atoms with van der Waals surface area (Å²) in [4.78, 5) is 13.9. The Labute approximate surface area is 111 Å². The Morgan fingerprint density at radius 3 is 2.44 bits per heavy atom. The number of hydrogen-bond donors (Lipinski definition) is 1. The molecule has 0 spiro atoms. The van der Waals surface area contributed by atoms with Crippen LogP contribution in [-0.2, 0) is 9.53 Å². The highest BCUT2D eigenvalue weighted by Crippen LogP contribution is 2.20. The van der Waals surface area contributed by atoms with E-state index in [9.17, 15) is 4.79 Å². The Morgan fingerprint density at radius 2 is 1.94 bits per heavy atom. The van der Waals surface area contributed by atoms with Gasteiger partial charge in [0.2, 0.25) is 0 Å². The minimum atomic E-state index is -0.373. The highest BCUT2D eigenvalue weighted by Gasteiger charge is 2.23. The second-order valence-electron chi connectivity index (χ2n) is 6.20. The van der Waals surface area contributed by atoms with E-state index in [2.05, 4.69) is 10.2 Å². The van der Waals surface area contributed by atoms with Crippen molar-refractivity contribution in [2.45, 2.75) is 45.6 Å². The van der Waals surface area contributed by atoms with Crippen LogP contribution in [-0.4, -0.2) is 49.7 Å². The van der Waals surface area contributed by atoms with Crippen molar-refractivity contribution in [3.63, 3.8) is 0 Å². The number of likely N-dealkylation sites (tertiary alicyclic amines) is 1. The fourth-order valence-corrected chi connectivity index (χ4v) is 2.34. The average Bonchev–Trinajstić information content (AvgIpc) is 2.25. The van der Waals surface area contributed by atoms with Gasteiger partial charge in [-0.05, 0) is 72.6 Å². The van der Waals surface area contributed by atoms with Gasteiger partial charge in [0.15, 0.2) is 0 Å². The van der Waals surface area contributed by atoms with Gasteiger partial charge in [0.25, 0.3) is 0 Å². The summed E-state index contributed by atoms with van der Waals surface area (Å²) in [5.41, 5.74) is -0.373.